The molecule has 0 fully saturated rings. The van der Waals surface area contributed by atoms with Gasteiger partial charge in [-0.2, -0.15) is 8.78 Å². The van der Waals surface area contributed by atoms with Gasteiger partial charge in [-0.25, -0.2) is 0 Å². The van der Waals surface area contributed by atoms with E-state index in [9.17, 15) is 8.78 Å². The number of hydrogen-bond donors (Lipinski definition) is 2. The van der Waals surface area contributed by atoms with Crippen LogP contribution < -0.4 is 34.3 Å². The third kappa shape index (κ3) is 6.65. The predicted octanol–water partition coefficient (Wildman–Crippen LogP) is 3.91. The Labute approximate surface area is 202 Å². The summed E-state index contributed by atoms with van der Waals surface area (Å²) in [6.07, 6.45) is 0. The molecule has 32 heavy (non-hydrogen) atoms. The summed E-state index contributed by atoms with van der Waals surface area (Å²) in [5.74, 6) is 2.64. The van der Waals surface area contributed by atoms with Crippen molar-refractivity contribution in [1.82, 2.24) is 10.6 Å². The first-order valence-corrected chi connectivity index (χ1v) is 9.65. The molecular weight excluding hydrogens is 539 g/mol. The van der Waals surface area contributed by atoms with Gasteiger partial charge < -0.3 is 34.3 Å². The van der Waals surface area contributed by atoms with E-state index in [-0.39, 0.29) is 43.1 Å². The molecule has 11 heteroatoms. The Bertz CT molecular complexity index is 931. The normalized spacial score (nSPS) is 12.2. The molecule has 1 aliphatic rings. The number of nitrogens with zero attached hydrogens (tertiary/aromatic N) is 1. The molecule has 0 atom stereocenters. The number of halogens is 3. The van der Waals surface area contributed by atoms with E-state index in [4.69, 9.17) is 18.9 Å². The monoisotopic (exact) mass is 565 g/mol. The Morgan fingerprint density at radius 3 is 2.44 bits per heavy atom. The molecule has 0 saturated carbocycles. The number of aliphatic imine (C=N–C) groups is 1. The van der Waals surface area contributed by atoms with E-state index in [2.05, 4.69) is 20.4 Å². The van der Waals surface area contributed by atoms with Crippen LogP contribution in [0, 0.1) is 0 Å². The van der Waals surface area contributed by atoms with Gasteiger partial charge in [0, 0.05) is 31.8 Å². The van der Waals surface area contributed by atoms with Crippen molar-refractivity contribution in [3.63, 3.8) is 0 Å². The number of ether oxygens (including phenoxy) is 5. The first-order chi connectivity index (χ1) is 15.0. The fourth-order valence-corrected chi connectivity index (χ4v) is 2.99. The Kier molecular flexibility index (Phi) is 9.88. The van der Waals surface area contributed by atoms with Crippen molar-refractivity contribution in [3.05, 3.63) is 41.5 Å². The molecule has 0 saturated heterocycles. The molecule has 0 aliphatic carbocycles. The molecule has 176 valence electrons. The van der Waals surface area contributed by atoms with Crippen LogP contribution in [0.15, 0.2) is 35.3 Å². The van der Waals surface area contributed by atoms with Gasteiger partial charge in [0.1, 0.15) is 5.75 Å². The molecule has 0 radical (unpaired) electrons. The average molecular weight is 565 g/mol. The Balaban J connectivity index is 0.00000363. The number of hydrogen-bond acceptors (Lipinski definition) is 6. The van der Waals surface area contributed by atoms with Gasteiger partial charge in [-0.15, -0.1) is 24.0 Å². The molecule has 0 spiro atoms. The number of fused-ring (bicyclic) bond motifs is 1. The Morgan fingerprint density at radius 1 is 1.06 bits per heavy atom. The van der Waals surface area contributed by atoms with E-state index in [0.29, 0.717) is 47.7 Å². The van der Waals surface area contributed by atoms with Crippen LogP contribution in [-0.4, -0.2) is 40.1 Å². The number of nitrogens with one attached hydrogen (secondary N) is 2. The molecule has 3 rings (SSSR count). The SMILES string of the molecule is CCOc1ccc(CNC(=NC)NCc2cc3c(cc2OC(F)F)OCO3)cc1OC.I. The maximum atomic E-state index is 12.8. The molecule has 1 aliphatic heterocycles. The highest BCUT2D eigenvalue weighted by Crippen LogP contribution is 2.38. The van der Waals surface area contributed by atoms with Crippen molar-refractivity contribution >= 4 is 29.9 Å². The van der Waals surface area contributed by atoms with E-state index in [1.165, 1.54) is 6.07 Å². The minimum atomic E-state index is -2.95. The van der Waals surface area contributed by atoms with E-state index < -0.39 is 6.61 Å². The second kappa shape index (κ2) is 12.4. The van der Waals surface area contributed by atoms with Crippen LogP contribution in [0.3, 0.4) is 0 Å². The average Bonchev–Trinajstić information content (AvgIpc) is 3.21. The molecule has 0 aromatic heterocycles. The van der Waals surface area contributed by atoms with Gasteiger partial charge in [0.15, 0.2) is 29.0 Å². The highest BCUT2D eigenvalue weighted by Gasteiger charge is 2.20. The minimum Gasteiger partial charge on any atom is -0.493 e. The highest BCUT2D eigenvalue weighted by atomic mass is 127. The maximum absolute atomic E-state index is 12.8. The molecule has 0 unspecified atom stereocenters. The summed E-state index contributed by atoms with van der Waals surface area (Å²) >= 11 is 0. The van der Waals surface area contributed by atoms with Crippen LogP contribution in [0.5, 0.6) is 28.7 Å². The number of rotatable bonds is 9. The van der Waals surface area contributed by atoms with Crippen LogP contribution in [0.4, 0.5) is 8.78 Å². The third-order valence-corrected chi connectivity index (χ3v) is 4.43. The molecular formula is C21H26F2IN3O5. The lowest BCUT2D eigenvalue weighted by molar-refractivity contribution is -0.0505. The van der Waals surface area contributed by atoms with Gasteiger partial charge in [0.2, 0.25) is 6.79 Å². The fraction of sp³-hybridized carbons (Fsp3) is 0.381. The topological polar surface area (TPSA) is 82.6 Å². The van der Waals surface area contributed by atoms with Crippen molar-refractivity contribution in [2.45, 2.75) is 26.6 Å². The number of benzene rings is 2. The predicted molar refractivity (Wildman–Crippen MR) is 126 cm³/mol. The zero-order valence-electron chi connectivity index (χ0n) is 17.9. The summed E-state index contributed by atoms with van der Waals surface area (Å²) in [6, 6.07) is 8.64. The number of methoxy groups -OCH3 is 1. The molecule has 1 heterocycles. The van der Waals surface area contributed by atoms with Crippen molar-refractivity contribution in [2.24, 2.45) is 4.99 Å². The smallest absolute Gasteiger partial charge is 0.387 e. The van der Waals surface area contributed by atoms with Gasteiger partial charge in [-0.1, -0.05) is 6.07 Å². The summed E-state index contributed by atoms with van der Waals surface area (Å²) in [5, 5.41) is 6.25. The van der Waals surface area contributed by atoms with Gasteiger partial charge in [-0.05, 0) is 30.7 Å². The largest absolute Gasteiger partial charge is 0.493 e. The van der Waals surface area contributed by atoms with Gasteiger partial charge in [-0.3, -0.25) is 4.99 Å². The quantitative estimate of drug-likeness (QED) is 0.271. The molecule has 8 nitrogen and oxygen atoms in total. The molecule has 2 N–H and O–H groups in total. The van der Waals surface area contributed by atoms with E-state index in [1.54, 1.807) is 20.2 Å². The zero-order chi connectivity index (χ0) is 22.2. The molecule has 2 aromatic rings. The summed E-state index contributed by atoms with van der Waals surface area (Å²) in [7, 11) is 3.20. The maximum Gasteiger partial charge on any atom is 0.387 e. The van der Waals surface area contributed by atoms with Crippen molar-refractivity contribution in [3.8, 4) is 28.7 Å². The summed E-state index contributed by atoms with van der Waals surface area (Å²) < 4.78 is 51.7. The van der Waals surface area contributed by atoms with Gasteiger partial charge in [0.05, 0.1) is 13.7 Å². The Morgan fingerprint density at radius 2 is 1.78 bits per heavy atom. The van der Waals surface area contributed by atoms with Crippen molar-refractivity contribution in [1.29, 1.82) is 0 Å². The van der Waals surface area contributed by atoms with Crippen LogP contribution in [0.25, 0.3) is 0 Å². The first-order valence-electron chi connectivity index (χ1n) is 9.65. The number of guanidine groups is 1. The molecule has 2 aromatic carbocycles. The van der Waals surface area contributed by atoms with Crippen LogP contribution >= 0.6 is 24.0 Å². The van der Waals surface area contributed by atoms with Crippen LogP contribution in [0.1, 0.15) is 18.1 Å². The lowest BCUT2D eigenvalue weighted by Gasteiger charge is -2.16. The second-order valence-corrected chi connectivity index (χ2v) is 6.39. The van der Waals surface area contributed by atoms with Crippen LogP contribution in [0.2, 0.25) is 0 Å². The van der Waals surface area contributed by atoms with E-state index in [0.717, 1.165) is 5.56 Å². The van der Waals surface area contributed by atoms with Crippen LogP contribution in [-0.2, 0) is 13.1 Å². The minimum absolute atomic E-state index is 0. The second-order valence-electron chi connectivity index (χ2n) is 6.39. The highest BCUT2D eigenvalue weighted by molar-refractivity contribution is 14.0. The molecule has 0 amide bonds. The zero-order valence-corrected chi connectivity index (χ0v) is 20.3. The van der Waals surface area contributed by atoms with E-state index in [1.807, 2.05) is 25.1 Å². The lowest BCUT2D eigenvalue weighted by Crippen LogP contribution is -2.36. The molecule has 0 bridgehead atoms. The fourth-order valence-electron chi connectivity index (χ4n) is 2.99. The lowest BCUT2D eigenvalue weighted by atomic mass is 10.1. The number of alkyl halides is 2. The summed E-state index contributed by atoms with van der Waals surface area (Å²) in [6.45, 7) is 0.180. The van der Waals surface area contributed by atoms with Gasteiger partial charge >= 0.3 is 6.61 Å². The summed E-state index contributed by atoms with van der Waals surface area (Å²) in [5.41, 5.74) is 1.43. The Hall–Kier alpha value is -2.70. The van der Waals surface area contributed by atoms with Crippen molar-refractivity contribution in [2.75, 3.05) is 27.6 Å². The van der Waals surface area contributed by atoms with E-state index >= 15 is 0 Å². The summed E-state index contributed by atoms with van der Waals surface area (Å²) in [4.78, 5) is 4.16. The first kappa shape index (κ1) is 25.6. The third-order valence-electron chi connectivity index (χ3n) is 4.43. The van der Waals surface area contributed by atoms with Gasteiger partial charge in [0.25, 0.3) is 0 Å². The van der Waals surface area contributed by atoms with Crippen molar-refractivity contribution < 1.29 is 32.5 Å². The standard InChI is InChI=1S/C21H25F2N3O5.HI/c1-4-28-15-6-5-13(7-17(15)27-3)10-25-21(24-2)26-11-14-8-18-19(30-12-29-18)9-16(14)31-20(22)23;/h5-9,20H,4,10-12H2,1-3H3,(H2,24,25,26);1H.